The SMILES string of the molecule is CC(C)C1C(=O)NCCN1Cc1c2c(nn1C)CCOC2. The van der Waals surface area contributed by atoms with Gasteiger partial charge in [0.2, 0.25) is 5.91 Å². The summed E-state index contributed by atoms with van der Waals surface area (Å²) in [5.74, 6) is 0.439. The first-order chi connectivity index (χ1) is 10.1. The predicted octanol–water partition coefficient (Wildman–Crippen LogP) is 0.449. The number of amides is 1. The number of carbonyl (C=O) groups excluding carboxylic acids is 1. The summed E-state index contributed by atoms with van der Waals surface area (Å²) in [6.45, 7) is 7.97. The largest absolute Gasteiger partial charge is 0.376 e. The van der Waals surface area contributed by atoms with Crippen LogP contribution in [0.4, 0.5) is 0 Å². The Labute approximate surface area is 125 Å². The molecule has 0 bridgehead atoms. The van der Waals surface area contributed by atoms with Gasteiger partial charge in [0, 0.05) is 38.7 Å². The molecule has 2 aliphatic heterocycles. The van der Waals surface area contributed by atoms with Crippen molar-refractivity contribution in [3.8, 4) is 0 Å². The number of fused-ring (bicyclic) bond motifs is 1. The summed E-state index contributed by atoms with van der Waals surface area (Å²) >= 11 is 0. The molecule has 1 aromatic rings. The molecule has 1 saturated heterocycles. The molecule has 1 fully saturated rings. The van der Waals surface area contributed by atoms with Gasteiger partial charge in [-0.3, -0.25) is 14.4 Å². The number of rotatable bonds is 3. The van der Waals surface area contributed by atoms with Crippen LogP contribution in [0.5, 0.6) is 0 Å². The number of aromatic nitrogens is 2. The van der Waals surface area contributed by atoms with Gasteiger partial charge in [-0.25, -0.2) is 0 Å². The molecule has 0 radical (unpaired) electrons. The maximum atomic E-state index is 12.1. The Morgan fingerprint density at radius 3 is 3.05 bits per heavy atom. The number of ether oxygens (including phenoxy) is 1. The summed E-state index contributed by atoms with van der Waals surface area (Å²) in [6.07, 6.45) is 0.886. The Hall–Kier alpha value is -1.40. The van der Waals surface area contributed by atoms with E-state index in [0.717, 1.165) is 38.4 Å². The van der Waals surface area contributed by atoms with Gasteiger partial charge in [0.05, 0.1) is 30.6 Å². The molecule has 1 aromatic heterocycles. The third-order valence-corrected chi connectivity index (χ3v) is 4.43. The lowest BCUT2D eigenvalue weighted by Gasteiger charge is -2.37. The molecule has 2 aliphatic rings. The summed E-state index contributed by atoms with van der Waals surface area (Å²) in [4.78, 5) is 14.4. The van der Waals surface area contributed by atoms with Gasteiger partial charge in [0.15, 0.2) is 0 Å². The minimum absolute atomic E-state index is 0.0613. The van der Waals surface area contributed by atoms with Gasteiger partial charge in [0.25, 0.3) is 0 Å². The number of carbonyl (C=O) groups is 1. The van der Waals surface area contributed by atoms with Crippen molar-refractivity contribution in [1.29, 1.82) is 0 Å². The van der Waals surface area contributed by atoms with Crippen LogP contribution >= 0.6 is 0 Å². The van der Waals surface area contributed by atoms with Gasteiger partial charge in [-0.15, -0.1) is 0 Å². The third kappa shape index (κ3) is 2.70. The van der Waals surface area contributed by atoms with Crippen LogP contribution in [0.2, 0.25) is 0 Å². The van der Waals surface area contributed by atoms with Crippen molar-refractivity contribution in [3.63, 3.8) is 0 Å². The molecular formula is C15H24N4O2. The highest BCUT2D eigenvalue weighted by molar-refractivity contribution is 5.82. The van der Waals surface area contributed by atoms with Crippen molar-refractivity contribution in [2.24, 2.45) is 13.0 Å². The number of piperazine rings is 1. The summed E-state index contributed by atoms with van der Waals surface area (Å²) in [7, 11) is 1.99. The highest BCUT2D eigenvalue weighted by Gasteiger charge is 2.33. The average Bonchev–Trinajstić information content (AvgIpc) is 2.75. The molecule has 6 nitrogen and oxygen atoms in total. The summed E-state index contributed by atoms with van der Waals surface area (Å²) < 4.78 is 7.54. The van der Waals surface area contributed by atoms with E-state index in [1.807, 2.05) is 11.7 Å². The first-order valence-electron chi connectivity index (χ1n) is 7.71. The Morgan fingerprint density at radius 1 is 1.48 bits per heavy atom. The highest BCUT2D eigenvalue weighted by atomic mass is 16.5. The lowest BCUT2D eigenvalue weighted by molar-refractivity contribution is -0.131. The molecule has 1 unspecified atom stereocenters. The lowest BCUT2D eigenvalue weighted by atomic mass is 9.99. The molecule has 1 N–H and O–H groups in total. The maximum Gasteiger partial charge on any atom is 0.237 e. The smallest absolute Gasteiger partial charge is 0.237 e. The van der Waals surface area contributed by atoms with E-state index in [2.05, 4.69) is 29.2 Å². The van der Waals surface area contributed by atoms with E-state index in [4.69, 9.17) is 4.74 Å². The van der Waals surface area contributed by atoms with Crippen molar-refractivity contribution < 1.29 is 9.53 Å². The van der Waals surface area contributed by atoms with E-state index in [9.17, 15) is 4.79 Å². The zero-order valence-electron chi connectivity index (χ0n) is 13.1. The van der Waals surface area contributed by atoms with E-state index in [1.165, 1.54) is 11.3 Å². The number of nitrogens with one attached hydrogen (secondary N) is 1. The van der Waals surface area contributed by atoms with Crippen molar-refractivity contribution in [3.05, 3.63) is 17.0 Å². The number of hydrogen-bond donors (Lipinski definition) is 1. The van der Waals surface area contributed by atoms with Gasteiger partial charge >= 0.3 is 0 Å². The molecule has 116 valence electrons. The zero-order valence-corrected chi connectivity index (χ0v) is 13.1. The number of nitrogens with zero attached hydrogens (tertiary/aromatic N) is 3. The van der Waals surface area contributed by atoms with Gasteiger partial charge < -0.3 is 10.1 Å². The zero-order chi connectivity index (χ0) is 15.0. The summed E-state index contributed by atoms with van der Waals surface area (Å²) in [5.41, 5.74) is 3.56. The van der Waals surface area contributed by atoms with E-state index >= 15 is 0 Å². The Bertz CT molecular complexity index is 538. The first-order valence-corrected chi connectivity index (χ1v) is 7.71. The average molecular weight is 292 g/mol. The van der Waals surface area contributed by atoms with Crippen LogP contribution in [-0.4, -0.2) is 46.3 Å². The molecule has 0 spiro atoms. The van der Waals surface area contributed by atoms with Gasteiger partial charge in [-0.05, 0) is 5.92 Å². The second-order valence-corrected chi connectivity index (χ2v) is 6.25. The van der Waals surface area contributed by atoms with Crippen LogP contribution in [0.15, 0.2) is 0 Å². The highest BCUT2D eigenvalue weighted by Crippen LogP contribution is 2.24. The van der Waals surface area contributed by atoms with Gasteiger partial charge in [-0.2, -0.15) is 5.10 Å². The lowest BCUT2D eigenvalue weighted by Crippen LogP contribution is -2.57. The number of aryl methyl sites for hydroxylation is 1. The standard InChI is InChI=1S/C15H24N4O2/c1-10(2)14-15(20)16-5-6-19(14)8-13-11-9-21-7-4-12(11)17-18(13)3/h10,14H,4-9H2,1-3H3,(H,16,20). The minimum atomic E-state index is -0.0613. The molecule has 1 amide bonds. The fraction of sp³-hybridized carbons (Fsp3) is 0.733. The normalized spacial score (nSPS) is 23.2. The summed E-state index contributed by atoms with van der Waals surface area (Å²) in [5, 5.41) is 7.59. The van der Waals surface area contributed by atoms with E-state index in [1.54, 1.807) is 0 Å². The topological polar surface area (TPSA) is 59.4 Å². The Kier molecular flexibility index (Phi) is 3.99. The maximum absolute atomic E-state index is 12.1. The summed E-state index contributed by atoms with van der Waals surface area (Å²) in [6, 6.07) is -0.0613. The van der Waals surface area contributed by atoms with Crippen LogP contribution in [-0.2, 0) is 36.2 Å². The Morgan fingerprint density at radius 2 is 2.29 bits per heavy atom. The molecular weight excluding hydrogens is 268 g/mol. The van der Waals surface area contributed by atoms with E-state index in [-0.39, 0.29) is 11.9 Å². The van der Waals surface area contributed by atoms with Crippen LogP contribution in [0.25, 0.3) is 0 Å². The number of hydrogen-bond acceptors (Lipinski definition) is 4. The van der Waals surface area contributed by atoms with Crippen LogP contribution < -0.4 is 5.32 Å². The van der Waals surface area contributed by atoms with Crippen LogP contribution in [0.1, 0.15) is 30.8 Å². The molecule has 0 aliphatic carbocycles. The fourth-order valence-electron chi connectivity index (χ4n) is 3.40. The predicted molar refractivity (Wildman–Crippen MR) is 78.6 cm³/mol. The molecule has 0 aromatic carbocycles. The molecule has 1 atom stereocenters. The Balaban J connectivity index is 1.85. The monoisotopic (exact) mass is 292 g/mol. The minimum Gasteiger partial charge on any atom is -0.376 e. The fourth-order valence-corrected chi connectivity index (χ4v) is 3.40. The molecule has 6 heteroatoms. The second-order valence-electron chi connectivity index (χ2n) is 6.25. The van der Waals surface area contributed by atoms with Crippen molar-refractivity contribution in [2.75, 3.05) is 19.7 Å². The van der Waals surface area contributed by atoms with Crippen molar-refractivity contribution >= 4 is 5.91 Å². The third-order valence-electron chi connectivity index (χ3n) is 4.43. The molecule has 21 heavy (non-hydrogen) atoms. The van der Waals surface area contributed by atoms with Gasteiger partial charge in [-0.1, -0.05) is 13.8 Å². The first kappa shape index (κ1) is 14.5. The van der Waals surface area contributed by atoms with Crippen molar-refractivity contribution in [1.82, 2.24) is 20.0 Å². The molecule has 0 saturated carbocycles. The second kappa shape index (κ2) is 5.77. The van der Waals surface area contributed by atoms with E-state index in [0.29, 0.717) is 12.5 Å². The van der Waals surface area contributed by atoms with E-state index < -0.39 is 0 Å². The van der Waals surface area contributed by atoms with Gasteiger partial charge in [0.1, 0.15) is 0 Å². The quantitative estimate of drug-likeness (QED) is 0.879. The van der Waals surface area contributed by atoms with Crippen molar-refractivity contribution in [2.45, 2.75) is 39.5 Å². The molecule has 3 rings (SSSR count). The van der Waals surface area contributed by atoms with Crippen LogP contribution in [0.3, 0.4) is 0 Å². The molecule has 3 heterocycles. The van der Waals surface area contributed by atoms with Crippen LogP contribution in [0, 0.1) is 5.92 Å².